The molecule has 0 aromatic carbocycles. The second-order valence-electron chi connectivity index (χ2n) is 2.37. The first-order valence-electron chi connectivity index (χ1n) is 3.71. The predicted octanol–water partition coefficient (Wildman–Crippen LogP) is 1.49. The fourth-order valence-electron chi connectivity index (χ4n) is 0.578. The summed E-state index contributed by atoms with van der Waals surface area (Å²) in [5.74, 6) is -0.383. The van der Waals surface area contributed by atoms with Crippen LogP contribution in [0.5, 0.6) is 0 Å². The van der Waals surface area contributed by atoms with E-state index >= 15 is 0 Å². The molecule has 0 aliphatic rings. The van der Waals surface area contributed by atoms with E-state index in [0.29, 0.717) is 5.01 Å². The van der Waals surface area contributed by atoms with E-state index in [-0.39, 0.29) is 12.1 Å². The van der Waals surface area contributed by atoms with Gasteiger partial charge in [0.15, 0.2) is 0 Å². The van der Waals surface area contributed by atoms with E-state index in [9.17, 15) is 4.79 Å². The molecular formula is C7H10N2O2S. The lowest BCUT2D eigenvalue weighted by Gasteiger charge is -2.07. The number of aromatic nitrogens is 2. The fraction of sp³-hybridized carbons (Fsp3) is 0.571. The Labute approximate surface area is 74.6 Å². The Kier molecular flexibility index (Phi) is 3.16. The van der Waals surface area contributed by atoms with Crippen molar-refractivity contribution in [2.24, 2.45) is 0 Å². The summed E-state index contributed by atoms with van der Waals surface area (Å²) < 4.78 is 5.01. The van der Waals surface area contributed by atoms with Crippen LogP contribution < -0.4 is 0 Å². The smallest absolute Gasteiger partial charge is 0.369 e. The molecule has 0 saturated heterocycles. The van der Waals surface area contributed by atoms with Crippen molar-refractivity contribution in [2.75, 3.05) is 0 Å². The van der Waals surface area contributed by atoms with Gasteiger partial charge in [-0.05, 0) is 13.3 Å². The minimum absolute atomic E-state index is 0.0543. The van der Waals surface area contributed by atoms with E-state index in [4.69, 9.17) is 4.74 Å². The average Bonchev–Trinajstić information content (AvgIpc) is 2.56. The SMILES string of the molecule is CCC(C)OC(=O)c1nncs1. The maximum absolute atomic E-state index is 11.2. The maximum atomic E-state index is 11.2. The average molecular weight is 186 g/mol. The molecule has 5 heteroatoms. The number of esters is 1. The lowest BCUT2D eigenvalue weighted by Crippen LogP contribution is -2.13. The van der Waals surface area contributed by atoms with Crippen LogP contribution in [-0.2, 0) is 4.74 Å². The van der Waals surface area contributed by atoms with Gasteiger partial charge in [-0.15, -0.1) is 10.2 Å². The lowest BCUT2D eigenvalue weighted by molar-refractivity contribution is 0.0333. The van der Waals surface area contributed by atoms with Gasteiger partial charge in [0.1, 0.15) is 5.51 Å². The summed E-state index contributed by atoms with van der Waals surface area (Å²) in [6.07, 6.45) is 0.756. The Hall–Kier alpha value is -0.970. The van der Waals surface area contributed by atoms with Gasteiger partial charge < -0.3 is 4.74 Å². The number of carbonyl (C=O) groups excluding carboxylic acids is 1. The molecule has 1 rings (SSSR count). The third-order valence-electron chi connectivity index (χ3n) is 1.42. The second-order valence-corrected chi connectivity index (χ2v) is 3.20. The summed E-state index contributed by atoms with van der Waals surface area (Å²) in [5.41, 5.74) is 1.51. The van der Waals surface area contributed by atoms with Gasteiger partial charge in [-0.2, -0.15) is 0 Å². The van der Waals surface area contributed by atoms with Gasteiger partial charge in [-0.3, -0.25) is 0 Å². The number of ether oxygens (including phenoxy) is 1. The summed E-state index contributed by atoms with van der Waals surface area (Å²) >= 11 is 1.19. The van der Waals surface area contributed by atoms with Crippen molar-refractivity contribution in [1.29, 1.82) is 0 Å². The van der Waals surface area contributed by atoms with Crippen molar-refractivity contribution in [3.05, 3.63) is 10.5 Å². The highest BCUT2D eigenvalue weighted by Gasteiger charge is 2.13. The zero-order valence-corrected chi connectivity index (χ0v) is 7.80. The molecule has 66 valence electrons. The van der Waals surface area contributed by atoms with Crippen molar-refractivity contribution in [3.63, 3.8) is 0 Å². The summed E-state index contributed by atoms with van der Waals surface area (Å²) in [5, 5.41) is 7.46. The van der Waals surface area contributed by atoms with Crippen LogP contribution in [0.25, 0.3) is 0 Å². The fourth-order valence-corrected chi connectivity index (χ4v) is 1.01. The van der Waals surface area contributed by atoms with Gasteiger partial charge >= 0.3 is 5.97 Å². The van der Waals surface area contributed by atoms with E-state index in [0.717, 1.165) is 6.42 Å². The molecule has 1 heterocycles. The molecular weight excluding hydrogens is 176 g/mol. The number of hydrogen-bond acceptors (Lipinski definition) is 5. The van der Waals surface area contributed by atoms with Gasteiger partial charge in [-0.1, -0.05) is 18.3 Å². The van der Waals surface area contributed by atoms with Gasteiger partial charge in [0.05, 0.1) is 6.10 Å². The molecule has 1 unspecified atom stereocenters. The molecule has 0 amide bonds. The standard InChI is InChI=1S/C7H10N2O2S/c1-3-5(2)11-7(10)6-9-8-4-12-6/h4-5H,3H2,1-2H3. The Bertz CT molecular complexity index is 248. The van der Waals surface area contributed by atoms with Crippen LogP contribution >= 0.6 is 11.3 Å². The molecule has 1 aromatic heterocycles. The normalized spacial score (nSPS) is 12.5. The van der Waals surface area contributed by atoms with E-state index in [2.05, 4.69) is 10.2 Å². The quantitative estimate of drug-likeness (QED) is 0.671. The number of hydrogen-bond donors (Lipinski definition) is 0. The monoisotopic (exact) mass is 186 g/mol. The van der Waals surface area contributed by atoms with E-state index in [1.807, 2.05) is 13.8 Å². The Morgan fingerprint density at radius 2 is 2.58 bits per heavy atom. The highest BCUT2D eigenvalue weighted by molar-refractivity contribution is 7.11. The summed E-state index contributed by atoms with van der Waals surface area (Å²) in [7, 11) is 0. The third-order valence-corrected chi connectivity index (χ3v) is 2.09. The predicted molar refractivity (Wildman–Crippen MR) is 45.1 cm³/mol. The first kappa shape index (κ1) is 9.12. The Balaban J connectivity index is 2.50. The molecule has 12 heavy (non-hydrogen) atoms. The summed E-state index contributed by atoms with van der Waals surface area (Å²) in [6.45, 7) is 3.80. The number of rotatable bonds is 3. The summed E-state index contributed by atoms with van der Waals surface area (Å²) in [6, 6.07) is 0. The van der Waals surface area contributed by atoms with Crippen LogP contribution in [0.3, 0.4) is 0 Å². The zero-order chi connectivity index (χ0) is 8.97. The van der Waals surface area contributed by atoms with Crippen molar-refractivity contribution < 1.29 is 9.53 Å². The van der Waals surface area contributed by atoms with Crippen LogP contribution in [0, 0.1) is 0 Å². The topological polar surface area (TPSA) is 52.1 Å². The van der Waals surface area contributed by atoms with Gasteiger partial charge in [0, 0.05) is 0 Å². The zero-order valence-electron chi connectivity index (χ0n) is 6.98. The third kappa shape index (κ3) is 2.27. The van der Waals surface area contributed by atoms with Crippen molar-refractivity contribution in [3.8, 4) is 0 Å². The molecule has 0 N–H and O–H groups in total. The Morgan fingerprint density at radius 1 is 1.83 bits per heavy atom. The van der Waals surface area contributed by atoms with Crippen LogP contribution in [0.2, 0.25) is 0 Å². The van der Waals surface area contributed by atoms with Crippen molar-refractivity contribution in [2.45, 2.75) is 26.4 Å². The summed E-state index contributed by atoms with van der Waals surface area (Å²) in [4.78, 5) is 11.2. The molecule has 0 saturated carbocycles. The highest BCUT2D eigenvalue weighted by atomic mass is 32.1. The molecule has 0 fully saturated rings. The molecule has 0 aliphatic heterocycles. The second kappa shape index (κ2) is 4.15. The first-order valence-corrected chi connectivity index (χ1v) is 4.59. The molecule has 0 aliphatic carbocycles. The van der Waals surface area contributed by atoms with E-state index in [1.165, 1.54) is 16.8 Å². The van der Waals surface area contributed by atoms with Gasteiger partial charge in [-0.25, -0.2) is 4.79 Å². The van der Waals surface area contributed by atoms with E-state index < -0.39 is 0 Å². The maximum Gasteiger partial charge on any atom is 0.369 e. The largest absolute Gasteiger partial charge is 0.457 e. The number of carbonyl (C=O) groups is 1. The molecule has 0 spiro atoms. The van der Waals surface area contributed by atoms with Gasteiger partial charge in [0.25, 0.3) is 0 Å². The van der Waals surface area contributed by atoms with E-state index in [1.54, 1.807) is 0 Å². The van der Waals surface area contributed by atoms with Crippen LogP contribution in [0.1, 0.15) is 30.1 Å². The van der Waals surface area contributed by atoms with Crippen LogP contribution in [0.4, 0.5) is 0 Å². The molecule has 4 nitrogen and oxygen atoms in total. The minimum atomic E-state index is -0.383. The van der Waals surface area contributed by atoms with Crippen molar-refractivity contribution in [1.82, 2.24) is 10.2 Å². The molecule has 0 bridgehead atoms. The minimum Gasteiger partial charge on any atom is -0.457 e. The van der Waals surface area contributed by atoms with Gasteiger partial charge in [0.2, 0.25) is 5.01 Å². The molecule has 1 atom stereocenters. The lowest BCUT2D eigenvalue weighted by atomic mass is 10.3. The van der Waals surface area contributed by atoms with Crippen molar-refractivity contribution >= 4 is 17.3 Å². The molecule has 1 aromatic rings. The Morgan fingerprint density at radius 3 is 3.08 bits per heavy atom. The first-order chi connectivity index (χ1) is 5.74. The van der Waals surface area contributed by atoms with Crippen LogP contribution in [-0.4, -0.2) is 22.3 Å². The van der Waals surface area contributed by atoms with Crippen LogP contribution in [0.15, 0.2) is 5.51 Å². The number of nitrogens with zero attached hydrogens (tertiary/aromatic N) is 2. The highest BCUT2D eigenvalue weighted by Crippen LogP contribution is 2.06. The molecule has 0 radical (unpaired) electrons.